The number of carbonyl (C=O) groups is 1. The molecular weight excluding hydrogens is 579 g/mol. The van der Waals surface area contributed by atoms with Gasteiger partial charge < -0.3 is 9.47 Å². The number of amides is 1. The maximum absolute atomic E-state index is 15.4. The van der Waals surface area contributed by atoms with Gasteiger partial charge in [-0.25, -0.2) is 37.1 Å². The molecule has 3 aromatic heterocycles. The van der Waals surface area contributed by atoms with Crippen LogP contribution in [0.25, 0.3) is 28.2 Å². The largest absolute Gasteiger partial charge is 0.447 e. The first-order valence-corrected chi connectivity index (χ1v) is 17.3. The summed E-state index contributed by atoms with van der Waals surface area (Å²) < 4.78 is 56.8. The number of cyclic esters (lactones) is 1. The third kappa shape index (κ3) is 5.88. The first-order valence-electron chi connectivity index (χ1n) is 13.6. The summed E-state index contributed by atoms with van der Waals surface area (Å²) in [7, 11) is -1.21. The third-order valence-corrected chi connectivity index (χ3v) is 8.78. The molecule has 14 heteroatoms. The molecule has 1 unspecified atom stereocenters. The highest BCUT2D eigenvalue weighted by Gasteiger charge is 2.37. The third-order valence-electron chi connectivity index (χ3n) is 7.08. The maximum atomic E-state index is 15.4. The van der Waals surface area contributed by atoms with E-state index in [9.17, 15) is 13.6 Å². The number of anilines is 1. The van der Waals surface area contributed by atoms with Crippen molar-refractivity contribution in [3.05, 3.63) is 84.2 Å². The second kappa shape index (κ2) is 11.3. The molecule has 5 aromatic rings. The normalized spacial score (nSPS) is 15.4. The smallest absolute Gasteiger partial charge is 0.416 e. The fourth-order valence-electron chi connectivity index (χ4n) is 4.72. The van der Waals surface area contributed by atoms with Crippen molar-refractivity contribution in [2.45, 2.75) is 38.5 Å². The number of aromatic nitrogens is 6. The van der Waals surface area contributed by atoms with Crippen LogP contribution >= 0.6 is 0 Å². The number of carbonyl (C=O) groups excluding carboxylic acids is 1. The molecule has 4 heterocycles. The molecule has 0 bridgehead atoms. The van der Waals surface area contributed by atoms with Crippen LogP contribution in [0.5, 0.6) is 0 Å². The van der Waals surface area contributed by atoms with Crippen molar-refractivity contribution >= 4 is 25.6 Å². The van der Waals surface area contributed by atoms with Crippen LogP contribution < -0.4 is 4.90 Å². The van der Waals surface area contributed by atoms with Gasteiger partial charge in [0.2, 0.25) is 0 Å². The fraction of sp³-hybridized carbons (Fsp3) is 0.276. The Morgan fingerprint density at radius 2 is 1.86 bits per heavy atom. The Bertz CT molecular complexity index is 1820. The molecule has 1 atom stereocenters. The van der Waals surface area contributed by atoms with Crippen molar-refractivity contribution in [1.29, 1.82) is 0 Å². The van der Waals surface area contributed by atoms with E-state index in [1.165, 1.54) is 32.6 Å². The number of rotatable bonds is 9. The minimum atomic E-state index is -1.21. The van der Waals surface area contributed by atoms with Crippen LogP contribution in [0.3, 0.4) is 0 Å². The van der Waals surface area contributed by atoms with Crippen molar-refractivity contribution in [3.63, 3.8) is 0 Å². The Morgan fingerprint density at radius 3 is 2.63 bits per heavy atom. The molecule has 10 nitrogen and oxygen atoms in total. The second-order valence-corrected chi connectivity index (χ2v) is 17.0. The standard InChI is InChI=1S/C29H28F3N7O3Si/c1-43(2,3)11-10-41-17-37-16-33-27(36-37)20-6-4-18(12-23(20)31)21-14-34-38-9-8-26(35-28(21)38)39-25(15-42-29(39)40)19-5-7-22(30)24(32)13-19/h4-9,12-14,16,25H,10-11,15,17H2,1-3H3. The summed E-state index contributed by atoms with van der Waals surface area (Å²) in [6.07, 6.45) is 3.96. The van der Waals surface area contributed by atoms with Crippen molar-refractivity contribution in [3.8, 4) is 22.5 Å². The molecule has 1 aliphatic heterocycles. The Labute approximate surface area is 245 Å². The monoisotopic (exact) mass is 607 g/mol. The van der Waals surface area contributed by atoms with Crippen molar-refractivity contribution in [2.24, 2.45) is 0 Å². The van der Waals surface area contributed by atoms with Crippen molar-refractivity contribution in [2.75, 3.05) is 18.1 Å². The Hall–Kier alpha value is -4.56. The molecule has 0 N–H and O–H groups in total. The van der Waals surface area contributed by atoms with Gasteiger partial charge in [0.25, 0.3) is 0 Å². The lowest BCUT2D eigenvalue weighted by atomic mass is 10.1. The van der Waals surface area contributed by atoms with Gasteiger partial charge in [0.15, 0.2) is 23.1 Å². The number of ether oxygens (including phenoxy) is 2. The number of nitrogens with zero attached hydrogens (tertiary/aromatic N) is 7. The van der Waals surface area contributed by atoms with E-state index in [1.54, 1.807) is 30.6 Å². The summed E-state index contributed by atoms with van der Waals surface area (Å²) in [6.45, 7) is 7.62. The zero-order chi connectivity index (χ0) is 30.3. The van der Waals surface area contributed by atoms with Crippen LogP contribution in [0.1, 0.15) is 11.6 Å². The SMILES string of the molecule is C[Si](C)(C)CCOCn1cnc(-c2ccc(-c3cnn4ccc(N5C(=O)OCC5c5ccc(F)c(F)c5)nc34)cc2F)n1. The first-order chi connectivity index (χ1) is 20.6. The van der Waals surface area contributed by atoms with E-state index in [0.29, 0.717) is 28.9 Å². The van der Waals surface area contributed by atoms with Gasteiger partial charge in [0.05, 0.1) is 11.8 Å². The molecule has 1 amide bonds. The lowest BCUT2D eigenvalue weighted by Crippen LogP contribution is -2.28. The second-order valence-electron chi connectivity index (χ2n) is 11.4. The van der Waals surface area contributed by atoms with Crippen LogP contribution in [0.15, 0.2) is 61.2 Å². The van der Waals surface area contributed by atoms with E-state index in [0.717, 1.165) is 18.2 Å². The topological polar surface area (TPSA) is 99.7 Å². The zero-order valence-electron chi connectivity index (χ0n) is 23.7. The number of hydrogen-bond donors (Lipinski definition) is 0. The quantitative estimate of drug-likeness (QED) is 0.148. The molecule has 1 fully saturated rings. The van der Waals surface area contributed by atoms with E-state index in [2.05, 4.69) is 39.8 Å². The molecule has 0 radical (unpaired) electrons. The Balaban J connectivity index is 1.25. The fourth-order valence-corrected chi connectivity index (χ4v) is 5.47. The van der Waals surface area contributed by atoms with E-state index in [4.69, 9.17) is 9.47 Å². The molecule has 6 rings (SSSR count). The van der Waals surface area contributed by atoms with E-state index < -0.39 is 37.7 Å². The van der Waals surface area contributed by atoms with Crippen LogP contribution in [-0.4, -0.2) is 56.7 Å². The van der Waals surface area contributed by atoms with Gasteiger partial charge in [-0.3, -0.25) is 4.90 Å². The van der Waals surface area contributed by atoms with Gasteiger partial charge >= 0.3 is 6.09 Å². The molecule has 0 saturated carbocycles. The predicted octanol–water partition coefficient (Wildman–Crippen LogP) is 6.08. The predicted molar refractivity (Wildman–Crippen MR) is 154 cm³/mol. The van der Waals surface area contributed by atoms with E-state index in [-0.39, 0.29) is 30.5 Å². The summed E-state index contributed by atoms with van der Waals surface area (Å²) in [6, 6.07) is 9.93. The van der Waals surface area contributed by atoms with Crippen molar-refractivity contribution in [1.82, 2.24) is 29.4 Å². The molecule has 0 aliphatic carbocycles. The van der Waals surface area contributed by atoms with E-state index in [1.807, 2.05) is 0 Å². The minimum Gasteiger partial charge on any atom is -0.447 e. The number of halogens is 3. The van der Waals surface area contributed by atoms with Crippen LogP contribution in [0.2, 0.25) is 25.7 Å². The summed E-state index contributed by atoms with van der Waals surface area (Å²) >= 11 is 0. The molecule has 222 valence electrons. The highest BCUT2D eigenvalue weighted by molar-refractivity contribution is 6.76. The summed E-state index contributed by atoms with van der Waals surface area (Å²) in [5.74, 6) is -2.11. The van der Waals surface area contributed by atoms with Crippen LogP contribution in [-0.2, 0) is 16.2 Å². The molecule has 1 saturated heterocycles. The summed E-state index contributed by atoms with van der Waals surface area (Å²) in [5.41, 5.74) is 1.94. The van der Waals surface area contributed by atoms with Gasteiger partial charge in [-0.05, 0) is 47.5 Å². The van der Waals surface area contributed by atoms with Gasteiger partial charge in [-0.2, -0.15) is 5.10 Å². The van der Waals surface area contributed by atoms with Crippen LogP contribution in [0.4, 0.5) is 23.8 Å². The average molecular weight is 608 g/mol. The Kier molecular flexibility index (Phi) is 7.48. The van der Waals surface area contributed by atoms with Gasteiger partial charge in [-0.1, -0.05) is 31.8 Å². The summed E-state index contributed by atoms with van der Waals surface area (Å²) in [5, 5.41) is 8.66. The lowest BCUT2D eigenvalue weighted by molar-refractivity contribution is 0.0784. The highest BCUT2D eigenvalue weighted by Crippen LogP contribution is 2.34. The van der Waals surface area contributed by atoms with Crippen molar-refractivity contribution < 1.29 is 27.4 Å². The molecule has 2 aromatic carbocycles. The average Bonchev–Trinajstić information content (AvgIpc) is 3.70. The number of fused-ring (bicyclic) bond motifs is 1. The first kappa shape index (κ1) is 28.6. The number of benzene rings is 2. The lowest BCUT2D eigenvalue weighted by Gasteiger charge is -2.21. The zero-order valence-corrected chi connectivity index (χ0v) is 24.7. The Morgan fingerprint density at radius 1 is 1.02 bits per heavy atom. The molecule has 0 spiro atoms. The molecular formula is C29H28F3N7O3Si. The van der Waals surface area contributed by atoms with Crippen LogP contribution in [0, 0.1) is 17.5 Å². The van der Waals surface area contributed by atoms with Gasteiger partial charge in [-0.15, -0.1) is 5.10 Å². The van der Waals surface area contributed by atoms with Gasteiger partial charge in [0.1, 0.15) is 37.3 Å². The van der Waals surface area contributed by atoms with Gasteiger partial charge in [0, 0.05) is 26.4 Å². The minimum absolute atomic E-state index is 0.0655. The number of hydrogen-bond acceptors (Lipinski definition) is 7. The van der Waals surface area contributed by atoms with E-state index >= 15 is 4.39 Å². The highest BCUT2D eigenvalue weighted by atomic mass is 28.3. The molecule has 43 heavy (non-hydrogen) atoms. The maximum Gasteiger partial charge on any atom is 0.416 e. The molecule has 1 aliphatic rings. The summed E-state index contributed by atoms with van der Waals surface area (Å²) in [4.78, 5) is 22.8.